The first-order chi connectivity index (χ1) is 13.5. The Hall–Kier alpha value is -2.63. The van der Waals surface area contributed by atoms with Crippen LogP contribution in [0, 0.1) is 19.8 Å². The number of aliphatic carboxylic acids is 1. The van der Waals surface area contributed by atoms with E-state index in [4.69, 9.17) is 0 Å². The molecule has 0 aliphatic heterocycles. The number of carbonyl (C=O) groups is 2. The van der Waals surface area contributed by atoms with Gasteiger partial charge in [-0.3, -0.25) is 9.59 Å². The molecule has 28 heavy (non-hydrogen) atoms. The van der Waals surface area contributed by atoms with Gasteiger partial charge >= 0.3 is 5.97 Å². The molecule has 2 atom stereocenters. The highest BCUT2D eigenvalue weighted by Gasteiger charge is 2.30. The normalized spacial score (nSPS) is 20.2. The van der Waals surface area contributed by atoms with Crippen LogP contribution >= 0.6 is 0 Å². The van der Waals surface area contributed by atoms with Crippen molar-refractivity contribution in [3.63, 3.8) is 0 Å². The highest BCUT2D eigenvalue weighted by molar-refractivity contribution is 5.80. The van der Waals surface area contributed by atoms with Crippen molar-refractivity contribution in [2.45, 2.75) is 64.8 Å². The lowest BCUT2D eigenvalue weighted by Crippen LogP contribution is -2.44. The zero-order valence-electron chi connectivity index (χ0n) is 16.6. The molecule has 0 radical (unpaired) electrons. The molecule has 1 heterocycles. The third-order valence-corrected chi connectivity index (χ3v) is 5.71. The van der Waals surface area contributed by atoms with Crippen LogP contribution in [0.2, 0.25) is 0 Å². The first-order valence-corrected chi connectivity index (χ1v) is 10.1. The number of carboxylic acid groups (broad SMARTS) is 1. The summed E-state index contributed by atoms with van der Waals surface area (Å²) in [6.45, 7) is 3.87. The van der Waals surface area contributed by atoms with Crippen LogP contribution < -0.4 is 5.32 Å². The Morgan fingerprint density at radius 2 is 1.79 bits per heavy atom. The summed E-state index contributed by atoms with van der Waals surface area (Å²) in [4.78, 5) is 24.4. The maximum atomic E-state index is 12.8. The van der Waals surface area contributed by atoms with E-state index in [0.29, 0.717) is 6.42 Å². The fourth-order valence-electron chi connectivity index (χ4n) is 4.12. The number of benzene rings is 1. The fraction of sp³-hybridized carbons (Fsp3) is 0.500. The number of para-hydroxylation sites is 1. The molecule has 1 fully saturated rings. The van der Waals surface area contributed by atoms with Crippen LogP contribution in [0.5, 0.6) is 0 Å². The molecule has 1 aliphatic rings. The number of rotatable bonds is 5. The summed E-state index contributed by atoms with van der Waals surface area (Å²) >= 11 is 0. The van der Waals surface area contributed by atoms with Crippen molar-refractivity contribution in [1.29, 1.82) is 0 Å². The minimum atomic E-state index is -0.809. The first kappa shape index (κ1) is 20.1. The molecule has 3 rings (SSSR count). The molecule has 2 N–H and O–H groups in total. The summed E-state index contributed by atoms with van der Waals surface area (Å²) in [6.07, 6.45) is 5.61. The second-order valence-corrected chi connectivity index (χ2v) is 7.68. The van der Waals surface area contributed by atoms with Crippen molar-refractivity contribution < 1.29 is 14.7 Å². The van der Waals surface area contributed by atoms with Gasteiger partial charge < -0.3 is 10.4 Å². The molecule has 1 aliphatic carbocycles. The average molecular weight is 383 g/mol. The molecule has 0 saturated heterocycles. The number of carbonyl (C=O) groups excluding carboxylic acids is 1. The zero-order valence-corrected chi connectivity index (χ0v) is 16.6. The second kappa shape index (κ2) is 9.04. The molecule has 1 saturated carbocycles. The van der Waals surface area contributed by atoms with Gasteiger partial charge in [0.25, 0.3) is 0 Å². The number of hydrogen-bond donors (Lipinski definition) is 2. The van der Waals surface area contributed by atoms with Crippen molar-refractivity contribution in [3.05, 3.63) is 47.3 Å². The summed E-state index contributed by atoms with van der Waals surface area (Å²) in [5.41, 5.74) is 3.62. The predicted molar refractivity (Wildman–Crippen MR) is 108 cm³/mol. The van der Waals surface area contributed by atoms with E-state index in [2.05, 4.69) is 10.4 Å². The second-order valence-electron chi connectivity index (χ2n) is 7.68. The van der Waals surface area contributed by atoms with Gasteiger partial charge in [0.15, 0.2) is 0 Å². The SMILES string of the molecule is Cc1nn(-c2ccccc2)c(C)c1CC(=O)NC1CCCCCCC1C(=O)O. The van der Waals surface area contributed by atoms with Crippen molar-refractivity contribution >= 4 is 11.9 Å². The Labute approximate surface area is 166 Å². The molecular weight excluding hydrogens is 354 g/mol. The van der Waals surface area contributed by atoms with Crippen LogP contribution in [0.15, 0.2) is 30.3 Å². The molecular formula is C22H29N3O3. The molecule has 1 aromatic heterocycles. The largest absolute Gasteiger partial charge is 0.481 e. The van der Waals surface area contributed by atoms with Crippen molar-refractivity contribution in [3.8, 4) is 5.69 Å². The first-order valence-electron chi connectivity index (χ1n) is 10.1. The minimum Gasteiger partial charge on any atom is -0.481 e. The quantitative estimate of drug-likeness (QED) is 0.827. The minimum absolute atomic E-state index is 0.129. The third kappa shape index (κ3) is 4.61. The summed E-state index contributed by atoms with van der Waals surface area (Å²) in [6, 6.07) is 9.54. The lowest BCUT2D eigenvalue weighted by Gasteiger charge is -2.27. The van der Waals surface area contributed by atoms with E-state index in [-0.39, 0.29) is 18.4 Å². The Bertz CT molecular complexity index is 829. The summed E-state index contributed by atoms with van der Waals surface area (Å²) in [5.74, 6) is -1.44. The number of aromatic nitrogens is 2. The molecule has 6 nitrogen and oxygen atoms in total. The van der Waals surface area contributed by atoms with Gasteiger partial charge in [0.1, 0.15) is 0 Å². The highest BCUT2D eigenvalue weighted by atomic mass is 16.4. The number of carboxylic acids is 1. The maximum absolute atomic E-state index is 12.8. The van der Waals surface area contributed by atoms with Gasteiger partial charge in [-0.15, -0.1) is 0 Å². The number of nitrogens with one attached hydrogen (secondary N) is 1. The Morgan fingerprint density at radius 3 is 2.46 bits per heavy atom. The lowest BCUT2D eigenvalue weighted by atomic mass is 9.86. The molecule has 1 aromatic carbocycles. The van der Waals surface area contributed by atoms with Gasteiger partial charge in [-0.2, -0.15) is 5.10 Å². The number of amides is 1. The average Bonchev–Trinajstić information content (AvgIpc) is 2.92. The fourth-order valence-corrected chi connectivity index (χ4v) is 4.12. The molecule has 1 amide bonds. The molecule has 0 bridgehead atoms. The van der Waals surface area contributed by atoms with E-state index in [1.54, 1.807) is 0 Å². The molecule has 150 valence electrons. The smallest absolute Gasteiger partial charge is 0.308 e. The van der Waals surface area contributed by atoms with Crippen LogP contribution in [0.3, 0.4) is 0 Å². The lowest BCUT2D eigenvalue weighted by molar-refractivity contribution is -0.143. The summed E-state index contributed by atoms with van der Waals surface area (Å²) in [7, 11) is 0. The van der Waals surface area contributed by atoms with Gasteiger partial charge in [0.2, 0.25) is 5.91 Å². The van der Waals surface area contributed by atoms with Crippen LogP contribution in [0.25, 0.3) is 5.69 Å². The molecule has 0 spiro atoms. The van der Waals surface area contributed by atoms with Crippen LogP contribution in [-0.4, -0.2) is 32.8 Å². The van der Waals surface area contributed by atoms with E-state index in [0.717, 1.165) is 54.7 Å². The van der Waals surface area contributed by atoms with E-state index in [9.17, 15) is 14.7 Å². The van der Waals surface area contributed by atoms with Gasteiger partial charge in [0.05, 0.1) is 23.7 Å². The third-order valence-electron chi connectivity index (χ3n) is 5.71. The molecule has 6 heteroatoms. The topological polar surface area (TPSA) is 84.2 Å². The van der Waals surface area contributed by atoms with E-state index >= 15 is 0 Å². The van der Waals surface area contributed by atoms with Crippen LogP contribution in [0.1, 0.15) is 55.5 Å². The van der Waals surface area contributed by atoms with Gasteiger partial charge in [-0.1, -0.05) is 43.9 Å². The van der Waals surface area contributed by atoms with Gasteiger partial charge in [-0.05, 0) is 38.8 Å². The molecule has 2 aromatic rings. The van der Waals surface area contributed by atoms with Gasteiger partial charge in [0, 0.05) is 17.3 Å². The zero-order chi connectivity index (χ0) is 20.1. The van der Waals surface area contributed by atoms with E-state index < -0.39 is 11.9 Å². The Balaban J connectivity index is 1.73. The van der Waals surface area contributed by atoms with E-state index in [1.165, 1.54) is 0 Å². The van der Waals surface area contributed by atoms with Gasteiger partial charge in [-0.25, -0.2) is 4.68 Å². The maximum Gasteiger partial charge on any atom is 0.308 e. The highest BCUT2D eigenvalue weighted by Crippen LogP contribution is 2.24. The summed E-state index contributed by atoms with van der Waals surface area (Å²) < 4.78 is 1.85. The van der Waals surface area contributed by atoms with Crippen LogP contribution in [0.4, 0.5) is 0 Å². The number of aryl methyl sites for hydroxylation is 1. The predicted octanol–water partition coefficient (Wildman–Crippen LogP) is 3.57. The number of nitrogens with zero attached hydrogens (tertiary/aromatic N) is 2. The van der Waals surface area contributed by atoms with Crippen LogP contribution in [-0.2, 0) is 16.0 Å². The van der Waals surface area contributed by atoms with Crippen molar-refractivity contribution in [2.75, 3.05) is 0 Å². The molecule has 2 unspecified atom stereocenters. The van der Waals surface area contributed by atoms with Crippen molar-refractivity contribution in [2.24, 2.45) is 5.92 Å². The Morgan fingerprint density at radius 1 is 1.11 bits per heavy atom. The summed E-state index contributed by atoms with van der Waals surface area (Å²) in [5, 5.41) is 17.2. The number of hydrogen-bond acceptors (Lipinski definition) is 3. The van der Waals surface area contributed by atoms with E-state index in [1.807, 2.05) is 48.9 Å². The van der Waals surface area contributed by atoms with Crippen molar-refractivity contribution in [1.82, 2.24) is 15.1 Å². The monoisotopic (exact) mass is 383 g/mol. The Kier molecular flexibility index (Phi) is 6.49. The standard InChI is InChI=1S/C22H29N3O3/c1-15-19(16(2)25(24-15)17-10-6-5-7-11-17)14-21(26)23-20-13-9-4-3-8-12-18(20)22(27)28/h5-7,10-11,18,20H,3-4,8-9,12-14H2,1-2H3,(H,23,26)(H,27,28).